The lowest BCUT2D eigenvalue weighted by atomic mass is 10.1. The molecule has 0 radical (unpaired) electrons. The molecular weight excluding hydrogens is 441 g/mol. The van der Waals surface area contributed by atoms with Gasteiger partial charge in [-0.15, -0.1) is 0 Å². The van der Waals surface area contributed by atoms with Crippen molar-refractivity contribution in [2.24, 2.45) is 0 Å². The summed E-state index contributed by atoms with van der Waals surface area (Å²) in [5, 5.41) is 4.75. The normalized spacial score (nSPS) is 11.8. The average Bonchev–Trinajstić information content (AvgIpc) is 3.00. The van der Waals surface area contributed by atoms with Crippen molar-refractivity contribution in [1.29, 1.82) is 0 Å². The van der Waals surface area contributed by atoms with Crippen molar-refractivity contribution in [3.63, 3.8) is 0 Å². The van der Waals surface area contributed by atoms with Gasteiger partial charge in [-0.05, 0) is 49.8 Å². The molecule has 0 fully saturated rings. The Balaban J connectivity index is 1.79. The molecule has 0 spiro atoms. The van der Waals surface area contributed by atoms with Gasteiger partial charge in [0.15, 0.2) is 0 Å². The quantitative estimate of drug-likeness (QED) is 0.516. The predicted molar refractivity (Wildman–Crippen MR) is 118 cm³/mol. The van der Waals surface area contributed by atoms with E-state index in [4.69, 9.17) is 11.6 Å². The van der Waals surface area contributed by atoms with E-state index in [9.17, 15) is 17.6 Å². The van der Waals surface area contributed by atoms with Gasteiger partial charge in [0.25, 0.3) is 15.9 Å². The molecule has 3 aromatic rings. The van der Waals surface area contributed by atoms with Crippen LogP contribution in [0.5, 0.6) is 0 Å². The SMILES string of the molecule is Cc1ccc(Cn2nc(C)c(/C=C/C(=O)N(C)S(=O)(=O)c3ccc(F)cc3)c2Cl)cc1. The van der Waals surface area contributed by atoms with Crippen molar-refractivity contribution in [2.45, 2.75) is 25.3 Å². The fourth-order valence-electron chi connectivity index (χ4n) is 2.87. The Bertz CT molecular complexity index is 1230. The first kappa shape index (κ1) is 22.7. The van der Waals surface area contributed by atoms with Crippen molar-refractivity contribution in [3.8, 4) is 0 Å². The molecule has 0 aliphatic heterocycles. The van der Waals surface area contributed by atoms with Crippen molar-refractivity contribution in [1.82, 2.24) is 14.1 Å². The zero-order valence-corrected chi connectivity index (χ0v) is 18.8. The van der Waals surface area contributed by atoms with Crippen LogP contribution in [-0.2, 0) is 21.4 Å². The summed E-state index contributed by atoms with van der Waals surface area (Å²) in [6.45, 7) is 4.21. The van der Waals surface area contributed by atoms with Crippen LogP contribution in [0.3, 0.4) is 0 Å². The Morgan fingerprint density at radius 3 is 2.35 bits per heavy atom. The molecule has 0 bridgehead atoms. The van der Waals surface area contributed by atoms with Crippen LogP contribution in [0.15, 0.2) is 59.5 Å². The highest BCUT2D eigenvalue weighted by Gasteiger charge is 2.24. The Kier molecular flexibility index (Phi) is 6.62. The van der Waals surface area contributed by atoms with Gasteiger partial charge in [0.05, 0.1) is 17.1 Å². The first-order valence-corrected chi connectivity index (χ1v) is 11.2. The van der Waals surface area contributed by atoms with E-state index in [1.807, 2.05) is 31.2 Å². The summed E-state index contributed by atoms with van der Waals surface area (Å²) in [5.41, 5.74) is 3.29. The summed E-state index contributed by atoms with van der Waals surface area (Å²) in [4.78, 5) is 12.3. The van der Waals surface area contributed by atoms with E-state index in [2.05, 4.69) is 5.10 Å². The number of hydrogen-bond acceptors (Lipinski definition) is 4. The molecule has 162 valence electrons. The van der Waals surface area contributed by atoms with Crippen LogP contribution < -0.4 is 0 Å². The van der Waals surface area contributed by atoms with E-state index >= 15 is 0 Å². The van der Waals surface area contributed by atoms with E-state index in [0.717, 1.165) is 48.5 Å². The highest BCUT2D eigenvalue weighted by atomic mass is 35.5. The van der Waals surface area contributed by atoms with Gasteiger partial charge in [-0.2, -0.15) is 5.10 Å². The van der Waals surface area contributed by atoms with Crippen molar-refractivity contribution >= 4 is 33.6 Å². The van der Waals surface area contributed by atoms with Crippen molar-refractivity contribution in [3.05, 3.63) is 88.0 Å². The number of halogens is 2. The number of aromatic nitrogens is 2. The maximum Gasteiger partial charge on any atom is 0.266 e. The number of rotatable bonds is 6. The summed E-state index contributed by atoms with van der Waals surface area (Å²) in [5.74, 6) is -1.34. The molecule has 0 aliphatic rings. The van der Waals surface area contributed by atoms with E-state index in [1.165, 1.54) is 6.08 Å². The lowest BCUT2D eigenvalue weighted by Gasteiger charge is -2.15. The summed E-state index contributed by atoms with van der Waals surface area (Å²) in [7, 11) is -2.97. The monoisotopic (exact) mass is 461 g/mol. The fraction of sp³-hybridized carbons (Fsp3) is 0.182. The molecular formula is C22H21ClFN3O3S. The van der Waals surface area contributed by atoms with Gasteiger partial charge in [0.2, 0.25) is 0 Å². The number of likely N-dealkylation sites (N-methyl/N-ethyl adjacent to an activating group) is 1. The molecule has 2 aromatic carbocycles. The van der Waals surface area contributed by atoms with Crippen LogP contribution in [0.25, 0.3) is 6.08 Å². The molecule has 31 heavy (non-hydrogen) atoms. The maximum absolute atomic E-state index is 13.1. The first-order valence-electron chi connectivity index (χ1n) is 9.34. The van der Waals surface area contributed by atoms with Gasteiger partial charge < -0.3 is 0 Å². The summed E-state index contributed by atoms with van der Waals surface area (Å²) >= 11 is 6.44. The molecule has 9 heteroatoms. The third-order valence-corrected chi connectivity index (χ3v) is 6.90. The van der Waals surface area contributed by atoms with Crippen LogP contribution in [-0.4, -0.2) is 35.5 Å². The number of hydrogen-bond donors (Lipinski definition) is 0. The van der Waals surface area contributed by atoms with E-state index in [0.29, 0.717) is 27.3 Å². The molecule has 0 atom stereocenters. The third-order valence-electron chi connectivity index (χ3n) is 4.74. The van der Waals surface area contributed by atoms with Crippen LogP contribution in [0.2, 0.25) is 5.15 Å². The number of nitrogens with zero attached hydrogens (tertiary/aromatic N) is 3. The number of sulfonamides is 1. The number of carbonyl (C=O) groups is 1. The maximum atomic E-state index is 13.1. The average molecular weight is 462 g/mol. The zero-order chi connectivity index (χ0) is 22.8. The molecule has 1 amide bonds. The topological polar surface area (TPSA) is 72.3 Å². The van der Waals surface area contributed by atoms with Crippen LogP contribution in [0.1, 0.15) is 22.4 Å². The highest BCUT2D eigenvalue weighted by molar-refractivity contribution is 7.89. The molecule has 0 aliphatic carbocycles. The van der Waals surface area contributed by atoms with Gasteiger partial charge >= 0.3 is 0 Å². The van der Waals surface area contributed by atoms with Crippen molar-refractivity contribution in [2.75, 3.05) is 7.05 Å². The van der Waals surface area contributed by atoms with E-state index in [1.54, 1.807) is 11.6 Å². The summed E-state index contributed by atoms with van der Waals surface area (Å²) in [6.07, 6.45) is 2.56. The molecule has 0 saturated heterocycles. The lowest BCUT2D eigenvalue weighted by molar-refractivity contribution is -0.120. The Morgan fingerprint density at radius 2 is 1.74 bits per heavy atom. The first-order chi connectivity index (χ1) is 14.6. The highest BCUT2D eigenvalue weighted by Crippen LogP contribution is 2.23. The molecule has 6 nitrogen and oxygen atoms in total. The smallest absolute Gasteiger partial charge is 0.266 e. The van der Waals surface area contributed by atoms with Crippen LogP contribution >= 0.6 is 11.6 Å². The van der Waals surface area contributed by atoms with Gasteiger partial charge in [-0.3, -0.25) is 4.79 Å². The minimum absolute atomic E-state index is 0.182. The van der Waals surface area contributed by atoms with Crippen LogP contribution in [0, 0.1) is 19.7 Å². The molecule has 1 aromatic heterocycles. The fourth-order valence-corrected chi connectivity index (χ4v) is 4.26. The largest absolute Gasteiger partial charge is 0.269 e. The zero-order valence-electron chi connectivity index (χ0n) is 17.2. The minimum atomic E-state index is -4.11. The Morgan fingerprint density at radius 1 is 1.13 bits per heavy atom. The second-order valence-corrected chi connectivity index (χ2v) is 9.36. The summed E-state index contributed by atoms with van der Waals surface area (Å²) in [6, 6.07) is 12.2. The minimum Gasteiger partial charge on any atom is -0.269 e. The van der Waals surface area contributed by atoms with E-state index < -0.39 is 21.7 Å². The predicted octanol–water partition coefficient (Wildman–Crippen LogP) is 4.20. The number of carbonyl (C=O) groups excluding carboxylic acids is 1. The third kappa shape index (κ3) is 5.03. The van der Waals surface area contributed by atoms with Gasteiger partial charge in [0.1, 0.15) is 11.0 Å². The molecule has 3 rings (SSSR count). The van der Waals surface area contributed by atoms with E-state index in [-0.39, 0.29) is 4.90 Å². The van der Waals surface area contributed by atoms with Gasteiger partial charge in [-0.1, -0.05) is 41.4 Å². The Labute approximate surface area is 185 Å². The molecule has 1 heterocycles. The molecule has 0 unspecified atom stereocenters. The van der Waals surface area contributed by atoms with Gasteiger partial charge in [0, 0.05) is 18.7 Å². The van der Waals surface area contributed by atoms with Gasteiger partial charge in [-0.25, -0.2) is 21.8 Å². The number of aryl methyl sites for hydroxylation is 2. The van der Waals surface area contributed by atoms with Crippen molar-refractivity contribution < 1.29 is 17.6 Å². The second-order valence-electron chi connectivity index (χ2n) is 7.03. The molecule has 0 saturated carbocycles. The lowest BCUT2D eigenvalue weighted by Crippen LogP contribution is -2.31. The standard InChI is InChI=1S/C22H21ClFN3O3S/c1-15-4-6-17(7-5-15)14-27-22(23)20(16(2)25-27)12-13-21(28)26(3)31(29,30)19-10-8-18(24)9-11-19/h4-13H,14H2,1-3H3/b13-12+. The molecule has 0 N–H and O–H groups in total. The van der Waals surface area contributed by atoms with Crippen LogP contribution in [0.4, 0.5) is 4.39 Å². The summed E-state index contributed by atoms with van der Waals surface area (Å²) < 4.78 is 40.4. The Hall–Kier alpha value is -2.97. The number of amides is 1. The second kappa shape index (κ2) is 9.03. The number of benzene rings is 2.